The Morgan fingerprint density at radius 3 is 2.22 bits per heavy atom. The van der Waals surface area contributed by atoms with Crippen molar-refractivity contribution >= 4 is 5.57 Å². The maximum atomic E-state index is 11.8. The van der Waals surface area contributed by atoms with Gasteiger partial charge in [-0.1, -0.05) is 18.2 Å². The molecule has 1 N–H and O–H groups in total. The van der Waals surface area contributed by atoms with Gasteiger partial charge in [-0.05, 0) is 66.1 Å². The first kappa shape index (κ1) is 20.3. The summed E-state index contributed by atoms with van der Waals surface area (Å²) in [5.41, 5.74) is 3.51. The van der Waals surface area contributed by atoms with Gasteiger partial charge in [-0.15, -0.1) is 0 Å². The number of hydrogen-bond acceptors (Lipinski definition) is 6. The highest BCUT2D eigenvalue weighted by Crippen LogP contribution is 2.48. The fourth-order valence-electron chi connectivity index (χ4n) is 4.22. The molecule has 0 saturated heterocycles. The summed E-state index contributed by atoms with van der Waals surface area (Å²) < 4.78 is 27.5. The smallest absolute Gasteiger partial charge is 0.241 e. The molecule has 6 nitrogen and oxygen atoms in total. The fraction of sp³-hybridized carbons (Fsp3) is 0.231. The zero-order valence-corrected chi connectivity index (χ0v) is 17.9. The van der Waals surface area contributed by atoms with Crippen LogP contribution in [0.5, 0.6) is 23.0 Å². The summed E-state index contributed by atoms with van der Waals surface area (Å²) in [6.45, 7) is 0.208. The average Bonchev–Trinajstić information content (AvgIpc) is 3.44. The third kappa shape index (κ3) is 3.52. The molecule has 0 bridgehead atoms. The van der Waals surface area contributed by atoms with Crippen molar-refractivity contribution in [2.24, 2.45) is 5.92 Å². The van der Waals surface area contributed by atoms with Crippen LogP contribution in [-0.4, -0.2) is 26.1 Å². The number of fused-ring (bicyclic) bond motifs is 1. The van der Waals surface area contributed by atoms with E-state index in [-0.39, 0.29) is 12.7 Å². The Hall–Kier alpha value is -3.64. The maximum absolute atomic E-state index is 11.8. The first-order chi connectivity index (χ1) is 15.6. The highest BCUT2D eigenvalue weighted by molar-refractivity contribution is 5.72. The van der Waals surface area contributed by atoms with Gasteiger partial charge in [0, 0.05) is 11.1 Å². The standard InChI is InChI=1S/C26H24O6/c1-28-20-8-3-17(4-9-20)13-23-22(18-5-12-24-25(14-18)31-16-30-24)15-32-26(23,27)19-6-10-21(29-2)11-7-19/h3-12,14-15,23,27H,13,16H2,1-2H3. The summed E-state index contributed by atoms with van der Waals surface area (Å²) in [4.78, 5) is 0. The van der Waals surface area contributed by atoms with E-state index in [1.54, 1.807) is 20.5 Å². The zero-order valence-electron chi connectivity index (χ0n) is 17.9. The molecule has 2 aliphatic heterocycles. The molecule has 2 heterocycles. The predicted molar refractivity (Wildman–Crippen MR) is 119 cm³/mol. The molecular weight excluding hydrogens is 408 g/mol. The zero-order chi connectivity index (χ0) is 22.1. The van der Waals surface area contributed by atoms with Crippen molar-refractivity contribution in [3.8, 4) is 23.0 Å². The fourth-order valence-corrected chi connectivity index (χ4v) is 4.22. The van der Waals surface area contributed by atoms with E-state index in [9.17, 15) is 5.11 Å². The minimum atomic E-state index is -1.53. The highest BCUT2D eigenvalue weighted by Gasteiger charge is 2.47. The first-order valence-corrected chi connectivity index (χ1v) is 10.4. The van der Waals surface area contributed by atoms with Crippen molar-refractivity contribution in [1.29, 1.82) is 0 Å². The van der Waals surface area contributed by atoms with Gasteiger partial charge in [0.1, 0.15) is 11.5 Å². The highest BCUT2D eigenvalue weighted by atomic mass is 16.7. The van der Waals surface area contributed by atoms with Crippen LogP contribution in [0.1, 0.15) is 16.7 Å². The van der Waals surface area contributed by atoms with Crippen molar-refractivity contribution in [3.05, 3.63) is 89.7 Å². The van der Waals surface area contributed by atoms with Crippen molar-refractivity contribution < 1.29 is 28.8 Å². The molecule has 32 heavy (non-hydrogen) atoms. The van der Waals surface area contributed by atoms with Crippen LogP contribution in [0.3, 0.4) is 0 Å². The molecule has 0 fully saturated rings. The summed E-state index contributed by atoms with van der Waals surface area (Å²) in [6.07, 6.45) is 2.21. The Kier molecular flexibility index (Phi) is 5.15. The second-order valence-electron chi connectivity index (χ2n) is 7.79. The lowest BCUT2D eigenvalue weighted by atomic mass is 9.80. The Labute approximate surface area is 186 Å². The largest absolute Gasteiger partial charge is 0.497 e. The van der Waals surface area contributed by atoms with Gasteiger partial charge >= 0.3 is 0 Å². The molecular formula is C26H24O6. The molecule has 164 valence electrons. The lowest BCUT2D eigenvalue weighted by molar-refractivity contribution is -0.186. The molecule has 0 radical (unpaired) electrons. The van der Waals surface area contributed by atoms with E-state index in [4.69, 9.17) is 23.7 Å². The van der Waals surface area contributed by atoms with Crippen molar-refractivity contribution in [2.75, 3.05) is 21.0 Å². The number of ether oxygens (including phenoxy) is 5. The van der Waals surface area contributed by atoms with E-state index in [2.05, 4.69) is 0 Å². The monoisotopic (exact) mass is 432 g/mol. The Balaban J connectivity index is 1.53. The van der Waals surface area contributed by atoms with Gasteiger partial charge < -0.3 is 28.8 Å². The normalized spacial score (nSPS) is 21.1. The Bertz CT molecular complexity index is 1140. The molecule has 0 spiro atoms. The summed E-state index contributed by atoms with van der Waals surface area (Å²) in [6, 6.07) is 20.9. The van der Waals surface area contributed by atoms with Gasteiger partial charge in [0.05, 0.1) is 26.4 Å². The van der Waals surface area contributed by atoms with Crippen LogP contribution < -0.4 is 18.9 Å². The van der Waals surface area contributed by atoms with E-state index >= 15 is 0 Å². The van der Waals surface area contributed by atoms with Gasteiger partial charge in [-0.3, -0.25) is 0 Å². The van der Waals surface area contributed by atoms with Crippen LogP contribution in [0.25, 0.3) is 5.57 Å². The SMILES string of the molecule is COc1ccc(CC2C(c3ccc4c(c3)OCO4)=COC2(O)c2ccc(OC)cc2)cc1. The van der Waals surface area contributed by atoms with Crippen LogP contribution in [0.2, 0.25) is 0 Å². The minimum absolute atomic E-state index is 0.208. The van der Waals surface area contributed by atoms with Gasteiger partial charge in [-0.2, -0.15) is 0 Å². The van der Waals surface area contributed by atoms with Crippen molar-refractivity contribution in [3.63, 3.8) is 0 Å². The van der Waals surface area contributed by atoms with Gasteiger partial charge in [-0.25, -0.2) is 0 Å². The topological polar surface area (TPSA) is 66.4 Å². The van der Waals surface area contributed by atoms with Gasteiger partial charge in [0.15, 0.2) is 11.5 Å². The third-order valence-corrected chi connectivity index (χ3v) is 6.02. The predicted octanol–water partition coefficient (Wildman–Crippen LogP) is 4.51. The first-order valence-electron chi connectivity index (χ1n) is 10.4. The molecule has 0 aromatic heterocycles. The molecule has 0 amide bonds. The molecule has 2 unspecified atom stereocenters. The second kappa shape index (κ2) is 8.13. The van der Waals surface area contributed by atoms with Crippen molar-refractivity contribution in [1.82, 2.24) is 0 Å². The molecule has 2 atom stereocenters. The lowest BCUT2D eigenvalue weighted by Crippen LogP contribution is -2.35. The number of rotatable bonds is 6. The lowest BCUT2D eigenvalue weighted by Gasteiger charge is -2.31. The molecule has 5 rings (SSSR count). The van der Waals surface area contributed by atoms with E-state index in [1.165, 1.54) is 0 Å². The number of hydrogen-bond donors (Lipinski definition) is 1. The molecule has 0 saturated carbocycles. The minimum Gasteiger partial charge on any atom is -0.497 e. The maximum Gasteiger partial charge on any atom is 0.241 e. The average molecular weight is 432 g/mol. The molecule has 6 heteroatoms. The van der Waals surface area contributed by atoms with E-state index in [0.717, 1.165) is 22.4 Å². The Morgan fingerprint density at radius 2 is 1.53 bits per heavy atom. The summed E-state index contributed by atoms with van der Waals surface area (Å²) in [5, 5.41) is 11.8. The van der Waals surface area contributed by atoms with E-state index in [0.29, 0.717) is 29.2 Å². The summed E-state index contributed by atoms with van der Waals surface area (Å²) in [7, 11) is 3.25. The van der Waals surface area contributed by atoms with Crippen LogP contribution in [0.4, 0.5) is 0 Å². The number of benzene rings is 3. The van der Waals surface area contributed by atoms with Crippen LogP contribution >= 0.6 is 0 Å². The molecule has 3 aromatic rings. The molecule has 0 aliphatic carbocycles. The number of aliphatic hydroxyl groups is 1. The summed E-state index contributed by atoms with van der Waals surface area (Å²) in [5.74, 6) is 1.01. The molecule has 2 aliphatic rings. The van der Waals surface area contributed by atoms with E-state index in [1.807, 2.05) is 66.7 Å². The number of methoxy groups -OCH3 is 2. The van der Waals surface area contributed by atoms with Crippen LogP contribution in [0.15, 0.2) is 73.0 Å². The van der Waals surface area contributed by atoms with Crippen LogP contribution in [-0.2, 0) is 16.9 Å². The molecule has 3 aromatic carbocycles. The summed E-state index contributed by atoms with van der Waals surface area (Å²) >= 11 is 0. The van der Waals surface area contributed by atoms with Crippen LogP contribution in [0, 0.1) is 5.92 Å². The van der Waals surface area contributed by atoms with Gasteiger partial charge in [0.2, 0.25) is 12.6 Å². The van der Waals surface area contributed by atoms with Gasteiger partial charge in [0.25, 0.3) is 0 Å². The Morgan fingerprint density at radius 1 is 0.875 bits per heavy atom. The third-order valence-electron chi connectivity index (χ3n) is 6.02. The van der Waals surface area contributed by atoms with E-state index < -0.39 is 5.79 Å². The second-order valence-corrected chi connectivity index (χ2v) is 7.79. The quantitative estimate of drug-likeness (QED) is 0.618. The van der Waals surface area contributed by atoms with Crippen molar-refractivity contribution in [2.45, 2.75) is 12.2 Å².